The Balaban J connectivity index is 2.04. The maximum absolute atomic E-state index is 13.5. The summed E-state index contributed by atoms with van der Waals surface area (Å²) >= 11 is 5.69. The molecule has 1 aromatic rings. The highest BCUT2D eigenvalue weighted by molar-refractivity contribution is 6.30. The van der Waals surface area contributed by atoms with Crippen molar-refractivity contribution >= 4 is 17.3 Å². The zero-order valence-electron chi connectivity index (χ0n) is 8.76. The molecule has 2 rings (SSSR count). The summed E-state index contributed by atoms with van der Waals surface area (Å²) in [6.07, 6.45) is 3.48. The van der Waals surface area contributed by atoms with Crippen LogP contribution in [0, 0.1) is 11.7 Å². The Morgan fingerprint density at radius 2 is 2.20 bits per heavy atom. The molecule has 0 amide bonds. The molecule has 0 spiro atoms. The standard InChI is InChI=1S/C12H15ClFN/c1-8-2-4-10(6-8)15-12-5-3-9(13)7-11(12)14/h3,5,7-8,10,15H,2,4,6H2,1H3. The van der Waals surface area contributed by atoms with Gasteiger partial charge in [-0.05, 0) is 43.4 Å². The molecule has 1 saturated carbocycles. The Morgan fingerprint density at radius 3 is 2.80 bits per heavy atom. The molecule has 82 valence electrons. The monoisotopic (exact) mass is 227 g/mol. The molecule has 0 saturated heterocycles. The first-order valence-corrected chi connectivity index (χ1v) is 5.74. The molecule has 3 heteroatoms. The molecule has 1 N–H and O–H groups in total. The van der Waals surface area contributed by atoms with Gasteiger partial charge in [-0.25, -0.2) is 4.39 Å². The van der Waals surface area contributed by atoms with E-state index in [-0.39, 0.29) is 5.82 Å². The largest absolute Gasteiger partial charge is 0.380 e. The molecule has 0 heterocycles. The van der Waals surface area contributed by atoms with Gasteiger partial charge in [-0.2, -0.15) is 0 Å². The third-order valence-corrected chi connectivity index (χ3v) is 3.22. The minimum Gasteiger partial charge on any atom is -0.380 e. The summed E-state index contributed by atoms with van der Waals surface area (Å²) in [5, 5.41) is 3.68. The maximum Gasteiger partial charge on any atom is 0.147 e. The van der Waals surface area contributed by atoms with Crippen LogP contribution in [0.25, 0.3) is 0 Å². The van der Waals surface area contributed by atoms with Crippen LogP contribution < -0.4 is 5.32 Å². The lowest BCUT2D eigenvalue weighted by molar-refractivity contribution is 0.597. The number of nitrogens with one attached hydrogen (secondary N) is 1. The minimum atomic E-state index is -0.262. The predicted molar refractivity (Wildman–Crippen MR) is 61.8 cm³/mol. The van der Waals surface area contributed by atoms with Gasteiger partial charge in [0, 0.05) is 11.1 Å². The molecule has 1 fully saturated rings. The van der Waals surface area contributed by atoms with E-state index in [0.29, 0.717) is 16.8 Å². The van der Waals surface area contributed by atoms with Crippen molar-refractivity contribution in [3.63, 3.8) is 0 Å². The summed E-state index contributed by atoms with van der Waals surface area (Å²) in [5.41, 5.74) is 0.568. The molecule has 0 bridgehead atoms. The molecular formula is C12H15ClFN. The summed E-state index contributed by atoms with van der Waals surface area (Å²) < 4.78 is 13.5. The smallest absolute Gasteiger partial charge is 0.147 e. The van der Waals surface area contributed by atoms with E-state index < -0.39 is 0 Å². The number of benzene rings is 1. The summed E-state index contributed by atoms with van der Waals surface area (Å²) in [6.45, 7) is 2.24. The van der Waals surface area contributed by atoms with Gasteiger partial charge < -0.3 is 5.32 Å². The van der Waals surface area contributed by atoms with Crippen molar-refractivity contribution in [2.45, 2.75) is 32.2 Å². The van der Waals surface area contributed by atoms with Crippen molar-refractivity contribution in [3.8, 4) is 0 Å². The van der Waals surface area contributed by atoms with Crippen molar-refractivity contribution in [2.24, 2.45) is 5.92 Å². The molecule has 0 aromatic heterocycles. The summed E-state index contributed by atoms with van der Waals surface area (Å²) in [6, 6.07) is 5.18. The number of hydrogen-bond acceptors (Lipinski definition) is 1. The van der Waals surface area contributed by atoms with E-state index in [1.54, 1.807) is 12.1 Å². The summed E-state index contributed by atoms with van der Waals surface area (Å²) in [7, 11) is 0. The fourth-order valence-corrected chi connectivity index (χ4v) is 2.32. The quantitative estimate of drug-likeness (QED) is 0.803. The van der Waals surface area contributed by atoms with Gasteiger partial charge in [0.15, 0.2) is 0 Å². The average molecular weight is 228 g/mol. The molecule has 0 radical (unpaired) electrons. The van der Waals surface area contributed by atoms with Crippen LogP contribution in [0.4, 0.5) is 10.1 Å². The van der Waals surface area contributed by atoms with Gasteiger partial charge in [-0.15, -0.1) is 0 Å². The third-order valence-electron chi connectivity index (χ3n) is 2.99. The van der Waals surface area contributed by atoms with Gasteiger partial charge >= 0.3 is 0 Å². The maximum atomic E-state index is 13.5. The normalized spacial score (nSPS) is 25.5. The van der Waals surface area contributed by atoms with E-state index in [1.165, 1.54) is 12.5 Å². The van der Waals surface area contributed by atoms with Crippen molar-refractivity contribution in [1.29, 1.82) is 0 Å². The number of hydrogen-bond donors (Lipinski definition) is 1. The average Bonchev–Trinajstić information content (AvgIpc) is 2.56. The lowest BCUT2D eigenvalue weighted by Gasteiger charge is -2.14. The second kappa shape index (κ2) is 4.40. The van der Waals surface area contributed by atoms with Crippen LogP contribution in [-0.2, 0) is 0 Å². The first-order valence-electron chi connectivity index (χ1n) is 5.37. The van der Waals surface area contributed by atoms with Crippen molar-refractivity contribution in [2.75, 3.05) is 5.32 Å². The highest BCUT2D eigenvalue weighted by Gasteiger charge is 2.21. The van der Waals surface area contributed by atoms with Gasteiger partial charge in [-0.3, -0.25) is 0 Å². The van der Waals surface area contributed by atoms with E-state index in [9.17, 15) is 4.39 Å². The molecule has 0 aliphatic heterocycles. The van der Waals surface area contributed by atoms with E-state index in [1.807, 2.05) is 0 Å². The van der Waals surface area contributed by atoms with Crippen LogP contribution in [0.1, 0.15) is 26.2 Å². The van der Waals surface area contributed by atoms with Gasteiger partial charge in [0.25, 0.3) is 0 Å². The predicted octanol–water partition coefficient (Wildman–Crippen LogP) is 4.08. The van der Waals surface area contributed by atoms with Crippen molar-refractivity contribution < 1.29 is 4.39 Å². The second-order valence-electron chi connectivity index (χ2n) is 4.38. The Kier molecular flexibility index (Phi) is 3.15. The Morgan fingerprint density at radius 1 is 1.40 bits per heavy atom. The topological polar surface area (TPSA) is 12.0 Å². The molecule has 1 nitrogen and oxygen atoms in total. The molecule has 1 aliphatic carbocycles. The van der Waals surface area contributed by atoms with Crippen LogP contribution in [0.15, 0.2) is 18.2 Å². The lowest BCUT2D eigenvalue weighted by Crippen LogP contribution is -2.16. The summed E-state index contributed by atoms with van der Waals surface area (Å²) in [5.74, 6) is 0.486. The van der Waals surface area contributed by atoms with Gasteiger partial charge in [0.2, 0.25) is 0 Å². The fourth-order valence-electron chi connectivity index (χ4n) is 2.16. The highest BCUT2D eigenvalue weighted by Crippen LogP contribution is 2.28. The molecule has 1 aliphatic rings. The van der Waals surface area contributed by atoms with Crippen LogP contribution in [0.5, 0.6) is 0 Å². The van der Waals surface area contributed by atoms with Gasteiger partial charge in [0.05, 0.1) is 5.69 Å². The minimum absolute atomic E-state index is 0.262. The third kappa shape index (κ3) is 2.63. The van der Waals surface area contributed by atoms with Crippen molar-refractivity contribution in [1.82, 2.24) is 0 Å². The number of rotatable bonds is 2. The second-order valence-corrected chi connectivity index (χ2v) is 4.82. The highest BCUT2D eigenvalue weighted by atomic mass is 35.5. The SMILES string of the molecule is CC1CCC(Nc2ccc(Cl)cc2F)C1. The van der Waals surface area contributed by atoms with Crippen LogP contribution >= 0.6 is 11.6 Å². The molecule has 1 aromatic carbocycles. The number of anilines is 1. The lowest BCUT2D eigenvalue weighted by atomic mass is 10.1. The molecule has 2 atom stereocenters. The van der Waals surface area contributed by atoms with E-state index >= 15 is 0 Å². The summed E-state index contributed by atoms with van der Waals surface area (Å²) in [4.78, 5) is 0. The first-order chi connectivity index (χ1) is 7.15. The van der Waals surface area contributed by atoms with Gasteiger partial charge in [-0.1, -0.05) is 18.5 Å². The van der Waals surface area contributed by atoms with Crippen LogP contribution in [0.2, 0.25) is 5.02 Å². The van der Waals surface area contributed by atoms with E-state index in [0.717, 1.165) is 18.8 Å². The van der Waals surface area contributed by atoms with Crippen molar-refractivity contribution in [3.05, 3.63) is 29.0 Å². The van der Waals surface area contributed by atoms with E-state index in [2.05, 4.69) is 12.2 Å². The Bertz CT molecular complexity index is 353. The fraction of sp³-hybridized carbons (Fsp3) is 0.500. The van der Waals surface area contributed by atoms with Crippen LogP contribution in [0.3, 0.4) is 0 Å². The van der Waals surface area contributed by atoms with Gasteiger partial charge in [0.1, 0.15) is 5.82 Å². The first kappa shape index (κ1) is 10.7. The Labute approximate surface area is 94.6 Å². The number of halogens is 2. The molecule has 15 heavy (non-hydrogen) atoms. The zero-order chi connectivity index (χ0) is 10.8. The van der Waals surface area contributed by atoms with E-state index in [4.69, 9.17) is 11.6 Å². The zero-order valence-corrected chi connectivity index (χ0v) is 9.52. The molecule has 2 unspecified atom stereocenters. The Hall–Kier alpha value is -0.760. The van der Waals surface area contributed by atoms with Crippen LogP contribution in [-0.4, -0.2) is 6.04 Å². The molecular weight excluding hydrogens is 213 g/mol.